The van der Waals surface area contributed by atoms with E-state index in [0.29, 0.717) is 17.8 Å². The average Bonchev–Trinajstić information content (AvgIpc) is 2.67. The first kappa shape index (κ1) is 16.2. The summed E-state index contributed by atoms with van der Waals surface area (Å²) in [5.41, 5.74) is 4.04. The monoisotopic (exact) mass is 329 g/mol. The molecule has 0 spiro atoms. The van der Waals surface area contributed by atoms with Gasteiger partial charge in [0.25, 0.3) is 5.69 Å². The normalized spacial score (nSPS) is 10.0. The van der Waals surface area contributed by atoms with Gasteiger partial charge in [0, 0.05) is 12.6 Å². The maximum atomic E-state index is 11.0. The number of rotatable bonds is 5. The minimum Gasteiger partial charge on any atom is -0.375 e. The molecule has 0 atom stereocenters. The van der Waals surface area contributed by atoms with Gasteiger partial charge in [0.15, 0.2) is 0 Å². The second kappa shape index (κ2) is 7.28. The number of hydrogen-bond acceptors (Lipinski definition) is 4. The molecular weight excluding hydrogens is 314 g/mol. The van der Waals surface area contributed by atoms with Crippen LogP contribution in [0.3, 0.4) is 0 Å². The van der Waals surface area contributed by atoms with Crippen molar-refractivity contribution >= 4 is 11.4 Å². The van der Waals surface area contributed by atoms with E-state index in [1.807, 2.05) is 42.5 Å². The summed E-state index contributed by atoms with van der Waals surface area (Å²) in [7, 11) is 0. The molecule has 0 fully saturated rings. The molecule has 122 valence electrons. The predicted octanol–water partition coefficient (Wildman–Crippen LogP) is 4.75. The molecule has 3 aromatic rings. The van der Waals surface area contributed by atoms with Gasteiger partial charge in [-0.1, -0.05) is 54.6 Å². The summed E-state index contributed by atoms with van der Waals surface area (Å²) < 4.78 is 0. The van der Waals surface area contributed by atoms with Crippen LogP contribution in [-0.2, 0) is 6.54 Å². The first-order valence-electron chi connectivity index (χ1n) is 7.75. The summed E-state index contributed by atoms with van der Waals surface area (Å²) >= 11 is 0. The van der Waals surface area contributed by atoms with E-state index in [1.54, 1.807) is 24.3 Å². The number of anilines is 1. The van der Waals surface area contributed by atoms with Crippen molar-refractivity contribution in [2.24, 2.45) is 0 Å². The van der Waals surface area contributed by atoms with Crippen LogP contribution in [0.1, 0.15) is 11.1 Å². The van der Waals surface area contributed by atoms with Gasteiger partial charge in [-0.05, 0) is 28.8 Å². The summed E-state index contributed by atoms with van der Waals surface area (Å²) in [5.74, 6) is 0. The fourth-order valence-electron chi connectivity index (χ4n) is 2.61. The zero-order valence-corrected chi connectivity index (χ0v) is 13.3. The smallest absolute Gasteiger partial charge is 0.292 e. The van der Waals surface area contributed by atoms with Crippen LogP contribution >= 0.6 is 0 Å². The number of nitro benzene ring substituents is 1. The molecule has 0 aromatic heterocycles. The van der Waals surface area contributed by atoms with Crippen molar-refractivity contribution in [1.29, 1.82) is 5.26 Å². The summed E-state index contributed by atoms with van der Waals surface area (Å²) in [6, 6.07) is 24.0. The number of nitrogens with zero attached hydrogens (tertiary/aromatic N) is 2. The molecule has 0 heterocycles. The molecule has 3 rings (SSSR count). The van der Waals surface area contributed by atoms with E-state index in [4.69, 9.17) is 0 Å². The summed E-state index contributed by atoms with van der Waals surface area (Å²) in [4.78, 5) is 10.6. The SMILES string of the molecule is N#Cc1ccccc1-c1ccc(CNc2ccccc2[N+](=O)[O-])cc1. The minimum absolute atomic E-state index is 0.0575. The zero-order chi connectivity index (χ0) is 17.6. The van der Waals surface area contributed by atoms with Crippen LogP contribution < -0.4 is 5.32 Å². The maximum absolute atomic E-state index is 11.0. The van der Waals surface area contributed by atoms with Gasteiger partial charge in [0.1, 0.15) is 5.69 Å². The third-order valence-corrected chi connectivity index (χ3v) is 3.90. The standard InChI is InChI=1S/C20H15N3O2/c21-13-17-5-1-2-6-18(17)16-11-9-15(10-12-16)14-22-19-7-3-4-8-20(19)23(24)25/h1-12,22H,14H2. The number of benzene rings is 3. The van der Waals surface area contributed by atoms with Gasteiger partial charge in [-0.3, -0.25) is 10.1 Å². The third kappa shape index (κ3) is 3.65. The van der Waals surface area contributed by atoms with E-state index in [-0.39, 0.29) is 5.69 Å². The Kier molecular flexibility index (Phi) is 4.72. The highest BCUT2D eigenvalue weighted by molar-refractivity contribution is 5.70. The molecule has 0 aliphatic heterocycles. The maximum Gasteiger partial charge on any atom is 0.292 e. The molecule has 0 radical (unpaired) electrons. The van der Waals surface area contributed by atoms with Gasteiger partial charge >= 0.3 is 0 Å². The molecule has 1 N–H and O–H groups in total. The molecule has 0 aliphatic rings. The fraction of sp³-hybridized carbons (Fsp3) is 0.0500. The van der Waals surface area contributed by atoms with Crippen molar-refractivity contribution in [3.05, 3.63) is 94.0 Å². The Morgan fingerprint density at radius 1 is 0.960 bits per heavy atom. The first-order valence-corrected chi connectivity index (χ1v) is 7.75. The van der Waals surface area contributed by atoms with E-state index in [9.17, 15) is 15.4 Å². The van der Waals surface area contributed by atoms with E-state index in [2.05, 4.69) is 11.4 Å². The average molecular weight is 329 g/mol. The molecule has 0 saturated carbocycles. The van der Waals surface area contributed by atoms with Gasteiger partial charge in [0.2, 0.25) is 0 Å². The van der Waals surface area contributed by atoms with Gasteiger partial charge in [-0.25, -0.2) is 0 Å². The second-order valence-corrected chi connectivity index (χ2v) is 5.48. The van der Waals surface area contributed by atoms with Crippen molar-refractivity contribution in [3.8, 4) is 17.2 Å². The molecular formula is C20H15N3O2. The lowest BCUT2D eigenvalue weighted by molar-refractivity contribution is -0.384. The van der Waals surface area contributed by atoms with E-state index < -0.39 is 4.92 Å². The molecule has 0 unspecified atom stereocenters. The zero-order valence-electron chi connectivity index (χ0n) is 13.3. The van der Waals surface area contributed by atoms with Crippen LogP contribution in [0.4, 0.5) is 11.4 Å². The summed E-state index contributed by atoms with van der Waals surface area (Å²) in [5, 5.41) is 23.3. The third-order valence-electron chi connectivity index (χ3n) is 3.90. The number of nitriles is 1. The van der Waals surface area contributed by atoms with Crippen molar-refractivity contribution in [3.63, 3.8) is 0 Å². The van der Waals surface area contributed by atoms with Crippen LogP contribution in [0.25, 0.3) is 11.1 Å². The Bertz CT molecular complexity index is 944. The lowest BCUT2D eigenvalue weighted by Crippen LogP contribution is -2.02. The molecule has 5 heteroatoms. The molecule has 0 saturated heterocycles. The number of para-hydroxylation sites is 2. The molecule has 5 nitrogen and oxygen atoms in total. The van der Waals surface area contributed by atoms with Crippen molar-refractivity contribution in [2.75, 3.05) is 5.32 Å². The molecule has 25 heavy (non-hydrogen) atoms. The fourth-order valence-corrected chi connectivity index (χ4v) is 2.61. The lowest BCUT2D eigenvalue weighted by atomic mass is 9.99. The van der Waals surface area contributed by atoms with Gasteiger partial charge < -0.3 is 5.32 Å². The molecule has 0 aliphatic carbocycles. The highest BCUT2D eigenvalue weighted by atomic mass is 16.6. The van der Waals surface area contributed by atoms with Gasteiger partial charge in [-0.15, -0.1) is 0 Å². The highest BCUT2D eigenvalue weighted by Gasteiger charge is 2.11. The lowest BCUT2D eigenvalue weighted by Gasteiger charge is -2.09. The number of hydrogen-bond donors (Lipinski definition) is 1. The number of nitro groups is 1. The summed E-state index contributed by atoms with van der Waals surface area (Å²) in [6.07, 6.45) is 0. The Balaban J connectivity index is 1.76. The Labute approximate surface area is 145 Å². The molecule has 0 bridgehead atoms. The Morgan fingerprint density at radius 3 is 2.36 bits per heavy atom. The second-order valence-electron chi connectivity index (χ2n) is 5.48. The molecule has 3 aromatic carbocycles. The quantitative estimate of drug-likeness (QED) is 0.541. The van der Waals surface area contributed by atoms with Crippen molar-refractivity contribution < 1.29 is 4.92 Å². The van der Waals surface area contributed by atoms with Crippen LogP contribution in [0.2, 0.25) is 0 Å². The van der Waals surface area contributed by atoms with E-state index in [1.165, 1.54) is 6.07 Å². The van der Waals surface area contributed by atoms with Gasteiger partial charge in [-0.2, -0.15) is 5.26 Å². The predicted molar refractivity (Wildman–Crippen MR) is 97.0 cm³/mol. The van der Waals surface area contributed by atoms with E-state index >= 15 is 0 Å². The van der Waals surface area contributed by atoms with Crippen molar-refractivity contribution in [2.45, 2.75) is 6.54 Å². The van der Waals surface area contributed by atoms with Gasteiger partial charge in [0.05, 0.1) is 16.6 Å². The first-order chi connectivity index (χ1) is 12.2. The van der Waals surface area contributed by atoms with E-state index in [0.717, 1.165) is 16.7 Å². The van der Waals surface area contributed by atoms with Crippen LogP contribution in [0.15, 0.2) is 72.8 Å². The highest BCUT2D eigenvalue weighted by Crippen LogP contribution is 2.25. The van der Waals surface area contributed by atoms with Crippen LogP contribution in [0, 0.1) is 21.4 Å². The minimum atomic E-state index is -0.399. The largest absolute Gasteiger partial charge is 0.375 e. The van der Waals surface area contributed by atoms with Crippen LogP contribution in [0.5, 0.6) is 0 Å². The van der Waals surface area contributed by atoms with Crippen molar-refractivity contribution in [1.82, 2.24) is 0 Å². The summed E-state index contributed by atoms with van der Waals surface area (Å²) in [6.45, 7) is 0.477. The van der Waals surface area contributed by atoms with Crippen LogP contribution in [-0.4, -0.2) is 4.92 Å². The number of nitrogens with one attached hydrogen (secondary N) is 1. The topological polar surface area (TPSA) is 79.0 Å². The Morgan fingerprint density at radius 2 is 1.64 bits per heavy atom. The Hall–Kier alpha value is -3.65. The molecule has 0 amide bonds.